The van der Waals surface area contributed by atoms with Crippen LogP contribution in [0.5, 0.6) is 5.75 Å². The second-order valence-corrected chi connectivity index (χ2v) is 7.93. The highest BCUT2D eigenvalue weighted by Crippen LogP contribution is 2.28. The van der Waals surface area contributed by atoms with Crippen LogP contribution in [0, 0.1) is 6.92 Å². The highest BCUT2D eigenvalue weighted by molar-refractivity contribution is 6.32. The minimum absolute atomic E-state index is 0.0456. The Morgan fingerprint density at radius 2 is 2.07 bits per heavy atom. The molecular weight excluding hydrogens is 376 g/mol. The molecule has 0 radical (unpaired) electrons. The standard InChI is InChI=1S/C22H27ClN2O3/c1-17-8-9-19(23)20(12-17)28-16-22(27)10-5-11-25(15-22)14-21(26)24-13-18-6-3-2-4-7-18/h2-4,6-9,12,27H,5,10-11,13-16H2,1H3,(H,24,26)/t22-/m0/s1. The van der Waals surface area contributed by atoms with E-state index >= 15 is 0 Å². The number of hydrogen-bond acceptors (Lipinski definition) is 4. The van der Waals surface area contributed by atoms with E-state index in [9.17, 15) is 9.90 Å². The number of rotatable bonds is 7. The van der Waals surface area contributed by atoms with Crippen LogP contribution in [0.15, 0.2) is 48.5 Å². The fourth-order valence-electron chi connectivity index (χ4n) is 3.45. The van der Waals surface area contributed by atoms with Gasteiger partial charge in [0.05, 0.1) is 11.6 Å². The molecule has 28 heavy (non-hydrogen) atoms. The molecule has 2 N–H and O–H groups in total. The molecule has 1 fully saturated rings. The summed E-state index contributed by atoms with van der Waals surface area (Å²) in [6.07, 6.45) is 1.45. The summed E-state index contributed by atoms with van der Waals surface area (Å²) in [5.74, 6) is 0.531. The number of piperidine rings is 1. The second-order valence-electron chi connectivity index (χ2n) is 7.52. The number of hydrogen-bond donors (Lipinski definition) is 2. The number of carbonyl (C=O) groups is 1. The first-order chi connectivity index (χ1) is 13.4. The van der Waals surface area contributed by atoms with Crippen molar-refractivity contribution in [1.82, 2.24) is 10.2 Å². The van der Waals surface area contributed by atoms with E-state index in [-0.39, 0.29) is 19.1 Å². The van der Waals surface area contributed by atoms with E-state index in [0.717, 1.165) is 24.1 Å². The van der Waals surface area contributed by atoms with Crippen LogP contribution in [0.1, 0.15) is 24.0 Å². The predicted octanol–water partition coefficient (Wildman–Crippen LogP) is 3.17. The van der Waals surface area contributed by atoms with E-state index in [1.165, 1.54) is 0 Å². The summed E-state index contributed by atoms with van der Waals surface area (Å²) < 4.78 is 5.81. The first kappa shape index (κ1) is 20.6. The monoisotopic (exact) mass is 402 g/mol. The minimum atomic E-state index is -0.995. The van der Waals surface area contributed by atoms with Crippen LogP contribution < -0.4 is 10.1 Å². The normalized spacial score (nSPS) is 20.0. The number of halogens is 1. The highest BCUT2D eigenvalue weighted by Gasteiger charge is 2.35. The molecule has 0 aromatic heterocycles. The lowest BCUT2D eigenvalue weighted by atomic mass is 9.93. The summed E-state index contributed by atoms with van der Waals surface area (Å²) >= 11 is 6.17. The van der Waals surface area contributed by atoms with Crippen LogP contribution in [0.4, 0.5) is 0 Å². The van der Waals surface area contributed by atoms with Crippen molar-refractivity contribution in [3.8, 4) is 5.75 Å². The van der Waals surface area contributed by atoms with E-state index in [2.05, 4.69) is 5.32 Å². The number of carbonyl (C=O) groups excluding carboxylic acids is 1. The van der Waals surface area contributed by atoms with Crippen LogP contribution in [0.3, 0.4) is 0 Å². The van der Waals surface area contributed by atoms with Gasteiger partial charge in [-0.15, -0.1) is 0 Å². The number of ether oxygens (including phenoxy) is 1. The van der Waals surface area contributed by atoms with Crippen molar-refractivity contribution < 1.29 is 14.6 Å². The van der Waals surface area contributed by atoms with Gasteiger partial charge in [-0.1, -0.05) is 48.0 Å². The zero-order chi connectivity index (χ0) is 20.0. The number of amides is 1. The molecule has 5 nitrogen and oxygen atoms in total. The SMILES string of the molecule is Cc1ccc(Cl)c(OC[C@]2(O)CCCN(CC(=O)NCc3ccccc3)C2)c1. The molecule has 2 aromatic rings. The summed E-state index contributed by atoms with van der Waals surface area (Å²) in [6, 6.07) is 15.4. The fourth-order valence-corrected chi connectivity index (χ4v) is 3.62. The Hall–Kier alpha value is -2.08. The maximum absolute atomic E-state index is 12.3. The Balaban J connectivity index is 1.49. The molecular formula is C22H27ClN2O3. The predicted molar refractivity (Wildman–Crippen MR) is 111 cm³/mol. The van der Waals surface area contributed by atoms with Crippen LogP contribution in [0.25, 0.3) is 0 Å². The molecule has 1 aliphatic heterocycles. The lowest BCUT2D eigenvalue weighted by Crippen LogP contribution is -2.53. The van der Waals surface area contributed by atoms with Crippen LogP contribution in [-0.2, 0) is 11.3 Å². The Morgan fingerprint density at radius 1 is 1.29 bits per heavy atom. The molecule has 6 heteroatoms. The molecule has 3 rings (SSSR count). The van der Waals surface area contributed by atoms with Crippen molar-refractivity contribution in [2.45, 2.75) is 31.9 Å². The third-order valence-electron chi connectivity index (χ3n) is 4.92. The molecule has 0 unspecified atom stereocenters. The van der Waals surface area contributed by atoms with Crippen LogP contribution in [0.2, 0.25) is 5.02 Å². The zero-order valence-electron chi connectivity index (χ0n) is 16.2. The van der Waals surface area contributed by atoms with Gasteiger partial charge in [0.15, 0.2) is 0 Å². The summed E-state index contributed by atoms with van der Waals surface area (Å²) in [5.41, 5.74) is 1.12. The molecule has 150 valence electrons. The Kier molecular flexibility index (Phi) is 6.94. The number of aliphatic hydroxyl groups is 1. The van der Waals surface area contributed by atoms with Gasteiger partial charge in [0, 0.05) is 13.1 Å². The summed E-state index contributed by atoms with van der Waals surface area (Å²) in [6.45, 7) is 4.07. The first-order valence-electron chi connectivity index (χ1n) is 9.58. The smallest absolute Gasteiger partial charge is 0.234 e. The van der Waals surface area contributed by atoms with Crippen molar-refractivity contribution in [2.24, 2.45) is 0 Å². The number of β-amino-alcohol motifs (C(OH)–C–C–N with tert-alkyl or cyclic N) is 1. The van der Waals surface area contributed by atoms with E-state index in [0.29, 0.717) is 30.3 Å². The average Bonchev–Trinajstić information content (AvgIpc) is 2.68. The quantitative estimate of drug-likeness (QED) is 0.746. The third-order valence-corrected chi connectivity index (χ3v) is 5.23. The van der Waals surface area contributed by atoms with Crippen molar-refractivity contribution in [3.05, 3.63) is 64.7 Å². The molecule has 0 saturated carbocycles. The fraction of sp³-hybridized carbons (Fsp3) is 0.409. The Bertz CT molecular complexity index is 800. The number of nitrogens with one attached hydrogen (secondary N) is 1. The van der Waals surface area contributed by atoms with Gasteiger partial charge in [0.25, 0.3) is 0 Å². The molecule has 1 aliphatic rings. The van der Waals surface area contributed by atoms with Crippen molar-refractivity contribution in [2.75, 3.05) is 26.2 Å². The Morgan fingerprint density at radius 3 is 2.86 bits per heavy atom. The molecule has 0 bridgehead atoms. The minimum Gasteiger partial charge on any atom is -0.489 e. The van der Waals surface area contributed by atoms with Gasteiger partial charge in [0.1, 0.15) is 18.0 Å². The second kappa shape index (κ2) is 9.41. The maximum atomic E-state index is 12.3. The molecule has 1 heterocycles. The third kappa shape index (κ3) is 5.96. The van der Waals surface area contributed by atoms with Gasteiger partial charge in [-0.3, -0.25) is 9.69 Å². The maximum Gasteiger partial charge on any atom is 0.234 e. The van der Waals surface area contributed by atoms with Crippen molar-refractivity contribution >= 4 is 17.5 Å². The van der Waals surface area contributed by atoms with E-state index in [1.807, 2.05) is 54.3 Å². The van der Waals surface area contributed by atoms with Gasteiger partial charge in [-0.25, -0.2) is 0 Å². The number of aryl methyl sites for hydroxylation is 1. The summed E-state index contributed by atoms with van der Waals surface area (Å²) in [4.78, 5) is 14.3. The number of benzene rings is 2. The molecule has 2 aromatic carbocycles. The van der Waals surface area contributed by atoms with Gasteiger partial charge < -0.3 is 15.2 Å². The van der Waals surface area contributed by atoms with E-state index in [4.69, 9.17) is 16.3 Å². The molecule has 0 spiro atoms. The first-order valence-corrected chi connectivity index (χ1v) is 9.96. The number of likely N-dealkylation sites (tertiary alicyclic amines) is 1. The zero-order valence-corrected chi connectivity index (χ0v) is 16.9. The van der Waals surface area contributed by atoms with Gasteiger partial charge >= 0.3 is 0 Å². The van der Waals surface area contributed by atoms with Crippen LogP contribution >= 0.6 is 11.6 Å². The van der Waals surface area contributed by atoms with Crippen molar-refractivity contribution in [3.63, 3.8) is 0 Å². The lowest BCUT2D eigenvalue weighted by molar-refractivity contribution is -0.124. The number of nitrogens with zero attached hydrogens (tertiary/aromatic N) is 1. The summed E-state index contributed by atoms with van der Waals surface area (Å²) in [5, 5.41) is 14.4. The van der Waals surface area contributed by atoms with E-state index < -0.39 is 5.60 Å². The van der Waals surface area contributed by atoms with Crippen molar-refractivity contribution in [1.29, 1.82) is 0 Å². The van der Waals surface area contributed by atoms with Gasteiger partial charge in [0.2, 0.25) is 5.91 Å². The Labute approximate surface area is 171 Å². The molecule has 1 atom stereocenters. The van der Waals surface area contributed by atoms with Gasteiger partial charge in [-0.05, 0) is 49.6 Å². The average molecular weight is 403 g/mol. The largest absolute Gasteiger partial charge is 0.489 e. The molecule has 0 aliphatic carbocycles. The highest BCUT2D eigenvalue weighted by atomic mass is 35.5. The lowest BCUT2D eigenvalue weighted by Gasteiger charge is -2.38. The summed E-state index contributed by atoms with van der Waals surface area (Å²) in [7, 11) is 0. The topological polar surface area (TPSA) is 61.8 Å². The van der Waals surface area contributed by atoms with E-state index in [1.54, 1.807) is 6.07 Å². The molecule has 1 saturated heterocycles. The van der Waals surface area contributed by atoms with Crippen LogP contribution in [-0.4, -0.2) is 47.8 Å². The van der Waals surface area contributed by atoms with Gasteiger partial charge in [-0.2, -0.15) is 0 Å². The molecule has 1 amide bonds.